The summed E-state index contributed by atoms with van der Waals surface area (Å²) < 4.78 is 114. The van der Waals surface area contributed by atoms with Crippen LogP contribution in [0.5, 0.6) is 11.9 Å². The van der Waals surface area contributed by atoms with Crippen molar-refractivity contribution in [2.24, 2.45) is 0 Å². The van der Waals surface area contributed by atoms with E-state index < -0.39 is 57.9 Å². The monoisotopic (exact) mass is 749 g/mol. The van der Waals surface area contributed by atoms with Crippen LogP contribution in [0.15, 0.2) is 6.07 Å². The number of ether oxygens (including phenoxy) is 3. The lowest BCUT2D eigenvalue weighted by Crippen LogP contribution is -2.43. The fourth-order valence-corrected chi connectivity index (χ4v) is 6.06. The summed E-state index contributed by atoms with van der Waals surface area (Å²) in [6.07, 6.45) is -3.76. The summed E-state index contributed by atoms with van der Waals surface area (Å²) in [7, 11) is 0. The van der Waals surface area contributed by atoms with Gasteiger partial charge in [-0.3, -0.25) is 4.90 Å². The van der Waals surface area contributed by atoms with E-state index in [1.165, 1.54) is 0 Å². The van der Waals surface area contributed by atoms with E-state index in [2.05, 4.69) is 25.6 Å². The lowest BCUT2D eigenvalue weighted by Gasteiger charge is -2.28. The van der Waals surface area contributed by atoms with Crippen LogP contribution in [0.25, 0.3) is 22.2 Å². The minimum Gasteiger partial charge on any atom is -0.474 e. The number of rotatable bonds is 5. The smallest absolute Gasteiger partial charge is 0.417 e. The van der Waals surface area contributed by atoms with Crippen molar-refractivity contribution in [1.29, 1.82) is 0 Å². The first-order valence-electron chi connectivity index (χ1n) is 17.6. The number of nitrogens with two attached hydrogens (primary N) is 1. The second-order valence-corrected chi connectivity index (χ2v) is 12.2. The van der Waals surface area contributed by atoms with Crippen molar-refractivity contribution < 1.29 is 44.9 Å². The van der Waals surface area contributed by atoms with Gasteiger partial charge in [0.25, 0.3) is 5.92 Å². The highest BCUT2D eigenvalue weighted by Gasteiger charge is 2.42. The number of alkyl halides is 5. The zero-order valence-corrected chi connectivity index (χ0v) is 30.9. The van der Waals surface area contributed by atoms with Crippen molar-refractivity contribution in [2.45, 2.75) is 98.6 Å². The molecule has 2 aromatic heterocycles. The zero-order chi connectivity index (χ0) is 39.0. The number of likely N-dealkylation sites (tertiary alicyclic amines) is 1. The van der Waals surface area contributed by atoms with Crippen LogP contribution in [-0.2, 0) is 10.9 Å². The number of anilines is 2. The van der Waals surface area contributed by atoms with Gasteiger partial charge in [-0.2, -0.15) is 23.1 Å². The largest absolute Gasteiger partial charge is 0.474 e. The molecule has 292 valence electrons. The molecule has 0 amide bonds. The zero-order valence-electron chi connectivity index (χ0n) is 30.9. The normalized spacial score (nSPS) is 20.2. The summed E-state index contributed by atoms with van der Waals surface area (Å²) in [5.41, 5.74) is 1.08. The lowest BCUT2D eigenvalue weighted by atomic mass is 9.96. The van der Waals surface area contributed by atoms with Gasteiger partial charge < -0.3 is 30.6 Å². The third-order valence-corrected chi connectivity index (χ3v) is 8.20. The minimum atomic E-state index is -5.02. The Kier molecular flexibility index (Phi) is 15.1. The van der Waals surface area contributed by atoms with E-state index in [1.807, 2.05) is 32.6 Å². The van der Waals surface area contributed by atoms with Crippen LogP contribution in [0.1, 0.15) is 72.4 Å². The van der Waals surface area contributed by atoms with Gasteiger partial charge in [-0.1, -0.05) is 27.7 Å². The Morgan fingerprint density at radius 3 is 2.29 bits per heavy atom. The summed E-state index contributed by atoms with van der Waals surface area (Å²) in [6, 6.07) is 0.786. The fourth-order valence-electron chi connectivity index (χ4n) is 6.06. The molecule has 2 saturated heterocycles. The van der Waals surface area contributed by atoms with Crippen molar-refractivity contribution in [3.63, 3.8) is 0 Å². The molecule has 2 bridgehead atoms. The summed E-state index contributed by atoms with van der Waals surface area (Å²) in [5.74, 6) is -5.01. The average Bonchev–Trinajstić information content (AvgIpc) is 3.70. The van der Waals surface area contributed by atoms with Gasteiger partial charge in [-0.25, -0.2) is 22.5 Å². The Labute approximate surface area is 300 Å². The topological polar surface area (TPSA) is 120 Å². The van der Waals surface area contributed by atoms with Crippen LogP contribution in [0, 0.1) is 18.6 Å². The first-order chi connectivity index (χ1) is 24.6. The van der Waals surface area contributed by atoms with Crippen LogP contribution in [0.4, 0.5) is 42.2 Å². The maximum atomic E-state index is 16.0. The first-order valence-corrected chi connectivity index (χ1v) is 17.6. The van der Waals surface area contributed by atoms with Crippen molar-refractivity contribution in [2.75, 3.05) is 57.0 Å². The van der Waals surface area contributed by atoms with E-state index in [0.717, 1.165) is 26.3 Å². The maximum absolute atomic E-state index is 16.0. The molecule has 2 fully saturated rings. The molecule has 0 aliphatic carbocycles. The molecule has 5 heterocycles. The lowest BCUT2D eigenvalue weighted by molar-refractivity contribution is -0.137. The molecule has 0 radical (unpaired) electrons. The Hall–Kier alpha value is -3.70. The predicted octanol–water partition coefficient (Wildman–Crippen LogP) is 7.62. The SMILES string of the molecule is CC.CC.CC(F)(F)CN1CC2CC1CO2.CCOc1nc2c3c(nc(-c4cc(N)c(F)c(C)c4C(F)(F)F)c(F)c3n1)OC(C)CCNCCN2. The van der Waals surface area contributed by atoms with Gasteiger partial charge in [0.15, 0.2) is 5.82 Å². The fraction of sp³-hybridized carbons (Fsp3) is 0.629. The number of hydrogen-bond acceptors (Lipinski definition) is 10. The second kappa shape index (κ2) is 18.4. The molecule has 6 rings (SSSR count). The standard InChI is InChI=1S/C23H25F5N6O2.C8H13F2NO.2C2H6/c1-4-35-22-33-19-14-20(34-22)31-8-7-30-6-5-10(2)36-21(14)32-18(17(19)25)12-9-13(29)16(24)11(3)15(12)23(26,27)28;1-8(9,10)5-11-3-7-2-6(11)4-12-7;2*1-2/h9-10,30H,4-8,29H2,1-3H3,(H,31,33,34);6-7H,2-5H2,1H3;2*1-2H3. The third-order valence-electron chi connectivity index (χ3n) is 8.20. The highest BCUT2D eigenvalue weighted by molar-refractivity contribution is 5.96. The molecule has 3 aliphatic heterocycles. The van der Waals surface area contributed by atoms with E-state index in [1.54, 1.807) is 13.8 Å². The predicted molar refractivity (Wildman–Crippen MR) is 187 cm³/mol. The maximum Gasteiger partial charge on any atom is 0.417 e. The van der Waals surface area contributed by atoms with Gasteiger partial charge in [-0.15, -0.1) is 0 Å². The van der Waals surface area contributed by atoms with Crippen LogP contribution in [-0.4, -0.2) is 90.0 Å². The number of fused-ring (bicyclic) bond motifs is 2. The van der Waals surface area contributed by atoms with Gasteiger partial charge >= 0.3 is 12.2 Å². The molecule has 3 aromatic rings. The Morgan fingerprint density at radius 1 is 1.02 bits per heavy atom. The molecule has 3 aliphatic rings. The number of nitrogens with zero attached hydrogens (tertiary/aromatic N) is 4. The number of pyridine rings is 1. The number of halogens is 7. The summed E-state index contributed by atoms with van der Waals surface area (Å²) in [5, 5.41) is 6.32. The van der Waals surface area contributed by atoms with Gasteiger partial charge in [0.05, 0.1) is 43.2 Å². The number of aromatic nitrogens is 3. The van der Waals surface area contributed by atoms with E-state index >= 15 is 4.39 Å². The van der Waals surface area contributed by atoms with E-state index in [-0.39, 0.29) is 53.9 Å². The molecule has 0 saturated carbocycles. The van der Waals surface area contributed by atoms with Gasteiger partial charge in [0.2, 0.25) is 5.88 Å². The third kappa shape index (κ3) is 10.2. The average molecular weight is 750 g/mol. The van der Waals surface area contributed by atoms with E-state index in [4.69, 9.17) is 19.9 Å². The quantitative estimate of drug-likeness (QED) is 0.178. The van der Waals surface area contributed by atoms with Crippen molar-refractivity contribution in [3.05, 3.63) is 28.8 Å². The molecule has 52 heavy (non-hydrogen) atoms. The van der Waals surface area contributed by atoms with Crippen LogP contribution >= 0.6 is 0 Å². The molecule has 0 spiro atoms. The van der Waals surface area contributed by atoms with E-state index in [0.29, 0.717) is 39.2 Å². The van der Waals surface area contributed by atoms with Crippen molar-refractivity contribution in [1.82, 2.24) is 25.2 Å². The molecule has 10 nitrogen and oxygen atoms in total. The summed E-state index contributed by atoms with van der Waals surface area (Å²) in [6.45, 7) is 16.3. The van der Waals surface area contributed by atoms with Gasteiger partial charge in [0, 0.05) is 38.2 Å². The number of hydrogen-bond donors (Lipinski definition) is 3. The van der Waals surface area contributed by atoms with E-state index in [9.17, 15) is 26.3 Å². The second-order valence-electron chi connectivity index (χ2n) is 12.2. The number of morpholine rings is 1. The highest BCUT2D eigenvalue weighted by atomic mass is 19.4. The van der Waals surface area contributed by atoms with Gasteiger partial charge in [-0.05, 0) is 51.8 Å². The first kappa shape index (κ1) is 42.7. The summed E-state index contributed by atoms with van der Waals surface area (Å²) >= 11 is 0. The molecule has 4 N–H and O–H groups in total. The number of nitrogens with one attached hydrogen (secondary N) is 2. The number of nitrogen functional groups attached to an aromatic ring is 1. The minimum absolute atomic E-state index is 0.0498. The summed E-state index contributed by atoms with van der Waals surface area (Å²) in [4.78, 5) is 14.4. The van der Waals surface area contributed by atoms with Crippen LogP contribution in [0.3, 0.4) is 0 Å². The highest BCUT2D eigenvalue weighted by Crippen LogP contribution is 2.44. The molecular weight excluding hydrogens is 699 g/mol. The number of benzene rings is 1. The van der Waals surface area contributed by atoms with Crippen LogP contribution < -0.4 is 25.8 Å². The molecule has 3 atom stereocenters. The molecule has 17 heteroatoms. The molecule has 3 unspecified atom stereocenters. The van der Waals surface area contributed by atoms with Crippen LogP contribution in [0.2, 0.25) is 0 Å². The molecule has 1 aromatic carbocycles. The van der Waals surface area contributed by atoms with Crippen molar-refractivity contribution in [3.8, 4) is 23.1 Å². The van der Waals surface area contributed by atoms with Gasteiger partial charge in [0.1, 0.15) is 28.2 Å². The van der Waals surface area contributed by atoms with Crippen molar-refractivity contribution >= 4 is 22.4 Å². The Bertz CT molecular complexity index is 1640. The Balaban J connectivity index is 0.000000378. The molecular formula is C35H50F7N7O3. The Morgan fingerprint density at radius 2 is 1.71 bits per heavy atom.